The molecule has 1 atom stereocenters. The SMILES string of the molecule is CNCc1sc(S(=O)(=O)NCC(C)C2CC2)cc1C. The van der Waals surface area contributed by atoms with Crippen LogP contribution in [0.15, 0.2) is 10.3 Å². The Hall–Kier alpha value is -0.430. The van der Waals surface area contributed by atoms with Crippen molar-refractivity contribution in [1.29, 1.82) is 0 Å². The lowest BCUT2D eigenvalue weighted by atomic mass is 10.1. The smallest absolute Gasteiger partial charge is 0.250 e. The molecule has 1 aliphatic carbocycles. The molecule has 1 aromatic rings. The molecule has 1 saturated carbocycles. The molecule has 0 bridgehead atoms. The average molecular weight is 302 g/mol. The Labute approximate surface area is 119 Å². The molecular weight excluding hydrogens is 280 g/mol. The van der Waals surface area contributed by atoms with Crippen molar-refractivity contribution in [2.24, 2.45) is 11.8 Å². The summed E-state index contributed by atoms with van der Waals surface area (Å²) in [6.45, 7) is 5.33. The molecule has 2 N–H and O–H groups in total. The molecule has 1 heterocycles. The molecule has 0 saturated heterocycles. The highest BCUT2D eigenvalue weighted by Gasteiger charge is 2.29. The fourth-order valence-electron chi connectivity index (χ4n) is 2.10. The van der Waals surface area contributed by atoms with E-state index in [2.05, 4.69) is 17.0 Å². The second-order valence-electron chi connectivity index (χ2n) is 5.37. The summed E-state index contributed by atoms with van der Waals surface area (Å²) in [5.41, 5.74) is 1.04. The van der Waals surface area contributed by atoms with Crippen LogP contribution in [0.2, 0.25) is 0 Å². The zero-order valence-corrected chi connectivity index (χ0v) is 13.3. The molecule has 1 aliphatic rings. The highest BCUT2D eigenvalue weighted by Crippen LogP contribution is 2.36. The van der Waals surface area contributed by atoms with Crippen molar-refractivity contribution in [1.82, 2.24) is 10.0 Å². The van der Waals surface area contributed by atoms with E-state index in [1.54, 1.807) is 6.07 Å². The number of hydrogen-bond acceptors (Lipinski definition) is 4. The van der Waals surface area contributed by atoms with Crippen LogP contribution >= 0.6 is 11.3 Å². The summed E-state index contributed by atoms with van der Waals surface area (Å²) in [4.78, 5) is 1.08. The van der Waals surface area contributed by atoms with Gasteiger partial charge in [-0.2, -0.15) is 0 Å². The van der Waals surface area contributed by atoms with Gasteiger partial charge >= 0.3 is 0 Å². The summed E-state index contributed by atoms with van der Waals surface area (Å²) in [5, 5.41) is 3.06. The van der Waals surface area contributed by atoms with Crippen molar-refractivity contribution >= 4 is 21.4 Å². The summed E-state index contributed by atoms with van der Waals surface area (Å²) in [5.74, 6) is 1.15. The zero-order valence-electron chi connectivity index (χ0n) is 11.7. The fraction of sp³-hybridized carbons (Fsp3) is 0.692. The molecular formula is C13H22N2O2S2. The molecule has 6 heteroatoms. The number of nitrogens with one attached hydrogen (secondary N) is 2. The summed E-state index contributed by atoms with van der Waals surface area (Å²) >= 11 is 1.35. The standard InChI is InChI=1S/C13H22N2O2S2/c1-9-6-13(18-12(9)8-14-3)19(16,17)15-7-10(2)11-4-5-11/h6,10-11,14-15H,4-5,7-8H2,1-3H3. The van der Waals surface area contributed by atoms with Gasteiger partial charge in [0.25, 0.3) is 0 Å². The van der Waals surface area contributed by atoms with E-state index < -0.39 is 10.0 Å². The first-order valence-corrected chi connectivity index (χ1v) is 8.97. The van der Waals surface area contributed by atoms with Crippen LogP contribution in [-0.2, 0) is 16.6 Å². The first-order chi connectivity index (χ1) is 8.94. The number of hydrogen-bond donors (Lipinski definition) is 2. The first kappa shape index (κ1) is 15.0. The molecule has 0 radical (unpaired) electrons. The van der Waals surface area contributed by atoms with Gasteiger partial charge in [-0.05, 0) is 50.3 Å². The third-order valence-corrected chi connectivity index (χ3v) is 6.76. The van der Waals surface area contributed by atoms with Gasteiger partial charge in [0.1, 0.15) is 4.21 Å². The van der Waals surface area contributed by atoms with Crippen LogP contribution in [0.5, 0.6) is 0 Å². The molecule has 0 aromatic carbocycles. The van der Waals surface area contributed by atoms with E-state index in [0.717, 1.165) is 10.4 Å². The normalized spacial score (nSPS) is 17.6. The molecule has 1 fully saturated rings. The minimum atomic E-state index is -3.34. The second kappa shape index (κ2) is 5.91. The Bertz CT molecular complexity index is 533. The van der Waals surface area contributed by atoms with Crippen LogP contribution in [-0.4, -0.2) is 22.0 Å². The van der Waals surface area contributed by atoms with Crippen LogP contribution in [0.1, 0.15) is 30.2 Å². The Balaban J connectivity index is 2.03. The largest absolute Gasteiger partial charge is 0.315 e. The van der Waals surface area contributed by atoms with Crippen molar-refractivity contribution in [3.8, 4) is 0 Å². The van der Waals surface area contributed by atoms with E-state index in [9.17, 15) is 8.42 Å². The molecule has 0 aliphatic heterocycles. The number of sulfonamides is 1. The number of rotatable bonds is 7. The molecule has 19 heavy (non-hydrogen) atoms. The van der Waals surface area contributed by atoms with Gasteiger partial charge in [0.05, 0.1) is 0 Å². The maximum atomic E-state index is 12.2. The van der Waals surface area contributed by atoms with E-state index >= 15 is 0 Å². The Morgan fingerprint density at radius 3 is 2.74 bits per heavy atom. The van der Waals surface area contributed by atoms with Crippen molar-refractivity contribution in [3.63, 3.8) is 0 Å². The molecule has 0 amide bonds. The Kier molecular flexibility index (Phi) is 4.66. The van der Waals surface area contributed by atoms with Gasteiger partial charge in [-0.15, -0.1) is 11.3 Å². The highest BCUT2D eigenvalue weighted by molar-refractivity contribution is 7.91. The van der Waals surface area contributed by atoms with E-state index in [4.69, 9.17) is 0 Å². The predicted octanol–water partition coefficient (Wildman–Crippen LogP) is 2.10. The third-order valence-electron chi connectivity index (χ3n) is 3.62. The van der Waals surface area contributed by atoms with Gasteiger partial charge in [0.15, 0.2) is 0 Å². The summed E-state index contributed by atoms with van der Waals surface area (Å²) in [6, 6.07) is 1.77. The van der Waals surface area contributed by atoms with Crippen LogP contribution in [0, 0.1) is 18.8 Å². The van der Waals surface area contributed by atoms with E-state index in [-0.39, 0.29) is 0 Å². The van der Waals surface area contributed by atoms with Gasteiger partial charge in [-0.1, -0.05) is 6.92 Å². The van der Waals surface area contributed by atoms with Gasteiger partial charge in [-0.25, -0.2) is 13.1 Å². The molecule has 108 valence electrons. The number of thiophene rings is 1. The van der Waals surface area contributed by atoms with E-state index in [0.29, 0.717) is 29.1 Å². The Morgan fingerprint density at radius 2 is 2.16 bits per heavy atom. The Morgan fingerprint density at radius 1 is 1.47 bits per heavy atom. The predicted molar refractivity (Wildman–Crippen MR) is 78.9 cm³/mol. The highest BCUT2D eigenvalue weighted by atomic mass is 32.2. The van der Waals surface area contributed by atoms with Crippen molar-refractivity contribution in [2.45, 2.75) is 37.4 Å². The monoisotopic (exact) mass is 302 g/mol. The second-order valence-corrected chi connectivity index (χ2v) is 8.50. The average Bonchev–Trinajstić information content (AvgIpc) is 3.13. The summed E-state index contributed by atoms with van der Waals surface area (Å²) in [6.07, 6.45) is 2.49. The topological polar surface area (TPSA) is 58.2 Å². The zero-order chi connectivity index (χ0) is 14.0. The van der Waals surface area contributed by atoms with Gasteiger partial charge in [0.2, 0.25) is 10.0 Å². The van der Waals surface area contributed by atoms with Crippen molar-refractivity contribution in [3.05, 3.63) is 16.5 Å². The van der Waals surface area contributed by atoms with Gasteiger partial charge < -0.3 is 5.32 Å². The fourth-order valence-corrected chi connectivity index (χ4v) is 4.89. The van der Waals surface area contributed by atoms with Crippen LogP contribution in [0.25, 0.3) is 0 Å². The lowest BCUT2D eigenvalue weighted by Crippen LogP contribution is -2.28. The maximum absolute atomic E-state index is 12.2. The molecule has 1 aromatic heterocycles. The van der Waals surface area contributed by atoms with Crippen LogP contribution in [0.4, 0.5) is 0 Å². The lowest BCUT2D eigenvalue weighted by Gasteiger charge is -2.10. The molecule has 0 spiro atoms. The molecule has 4 nitrogen and oxygen atoms in total. The quantitative estimate of drug-likeness (QED) is 0.811. The molecule has 1 unspecified atom stereocenters. The third kappa shape index (κ3) is 3.78. The maximum Gasteiger partial charge on any atom is 0.250 e. The minimum absolute atomic E-state index is 0.429. The van der Waals surface area contributed by atoms with Crippen LogP contribution < -0.4 is 10.0 Å². The van der Waals surface area contributed by atoms with E-state index in [1.165, 1.54) is 24.2 Å². The van der Waals surface area contributed by atoms with Crippen LogP contribution in [0.3, 0.4) is 0 Å². The van der Waals surface area contributed by atoms with E-state index in [1.807, 2.05) is 14.0 Å². The summed E-state index contributed by atoms with van der Waals surface area (Å²) in [7, 11) is -1.48. The van der Waals surface area contributed by atoms with Crippen molar-refractivity contribution < 1.29 is 8.42 Å². The number of aryl methyl sites for hydroxylation is 1. The summed E-state index contributed by atoms with van der Waals surface area (Å²) < 4.78 is 27.6. The minimum Gasteiger partial charge on any atom is -0.315 e. The van der Waals surface area contributed by atoms with Gasteiger partial charge in [-0.3, -0.25) is 0 Å². The van der Waals surface area contributed by atoms with Crippen molar-refractivity contribution in [2.75, 3.05) is 13.6 Å². The van der Waals surface area contributed by atoms with Gasteiger partial charge in [0, 0.05) is 18.0 Å². The lowest BCUT2D eigenvalue weighted by molar-refractivity contribution is 0.492. The first-order valence-electron chi connectivity index (χ1n) is 6.67. The molecule has 2 rings (SSSR count).